The van der Waals surface area contributed by atoms with Crippen LogP contribution in [0.4, 0.5) is 14.5 Å². The number of nitrogens with two attached hydrogens (primary N) is 1. The first-order chi connectivity index (χ1) is 9.76. The van der Waals surface area contributed by atoms with Gasteiger partial charge in [0.05, 0.1) is 17.2 Å². The molecule has 1 rings (SSSR count). The Kier molecular flexibility index (Phi) is 5.78. The first-order valence-electron chi connectivity index (χ1n) is 6.49. The van der Waals surface area contributed by atoms with E-state index in [2.05, 4.69) is 5.32 Å². The number of carbonyl (C=O) groups is 2. The summed E-state index contributed by atoms with van der Waals surface area (Å²) in [7, 11) is 0. The van der Waals surface area contributed by atoms with Crippen molar-refractivity contribution < 1.29 is 23.5 Å². The number of carbonyl (C=O) groups excluding carboxylic acids is 1. The predicted molar refractivity (Wildman–Crippen MR) is 73.9 cm³/mol. The fourth-order valence-electron chi connectivity index (χ4n) is 1.92. The van der Waals surface area contributed by atoms with Crippen molar-refractivity contribution in [2.75, 3.05) is 11.9 Å². The van der Waals surface area contributed by atoms with Gasteiger partial charge in [-0.15, -0.1) is 0 Å². The molecule has 116 valence electrons. The van der Waals surface area contributed by atoms with Crippen LogP contribution in [0.2, 0.25) is 0 Å². The molecule has 1 aromatic carbocycles. The van der Waals surface area contributed by atoms with Gasteiger partial charge in [0.15, 0.2) is 0 Å². The van der Waals surface area contributed by atoms with E-state index in [0.29, 0.717) is 12.5 Å². The third kappa shape index (κ3) is 4.49. The molecule has 0 saturated heterocycles. The van der Waals surface area contributed by atoms with Crippen LogP contribution in [0.15, 0.2) is 12.1 Å². The van der Waals surface area contributed by atoms with Gasteiger partial charge < -0.3 is 16.2 Å². The van der Waals surface area contributed by atoms with Crippen LogP contribution in [-0.2, 0) is 4.79 Å². The molecule has 0 saturated carbocycles. The van der Waals surface area contributed by atoms with Gasteiger partial charge in [0.1, 0.15) is 11.6 Å². The summed E-state index contributed by atoms with van der Waals surface area (Å²) < 4.78 is 26.9. The molecule has 0 bridgehead atoms. The van der Waals surface area contributed by atoms with Crippen LogP contribution in [0.25, 0.3) is 0 Å². The van der Waals surface area contributed by atoms with Crippen molar-refractivity contribution in [1.29, 1.82) is 0 Å². The number of anilines is 1. The van der Waals surface area contributed by atoms with Crippen molar-refractivity contribution in [3.8, 4) is 0 Å². The number of hydrogen-bond acceptors (Lipinski definition) is 3. The largest absolute Gasteiger partial charge is 0.478 e. The summed E-state index contributed by atoms with van der Waals surface area (Å²) in [6.45, 7) is 3.91. The molecule has 5 nitrogen and oxygen atoms in total. The molecule has 0 aromatic heterocycles. The van der Waals surface area contributed by atoms with Crippen molar-refractivity contribution in [3.05, 3.63) is 29.3 Å². The number of benzene rings is 1. The lowest BCUT2D eigenvalue weighted by molar-refractivity contribution is -0.120. The molecule has 0 fully saturated rings. The number of rotatable bonds is 6. The molecule has 1 unspecified atom stereocenters. The quantitative estimate of drug-likeness (QED) is 0.751. The van der Waals surface area contributed by atoms with Gasteiger partial charge in [-0.1, -0.05) is 13.8 Å². The molecule has 1 aromatic rings. The van der Waals surface area contributed by atoms with Crippen LogP contribution in [0.1, 0.15) is 30.6 Å². The monoisotopic (exact) mass is 300 g/mol. The fourth-order valence-corrected chi connectivity index (χ4v) is 1.92. The SMILES string of the molecule is CC(C)CC(CN)C(=O)Nc1cc(C(=O)O)c(F)cc1F. The molecule has 0 radical (unpaired) electrons. The lowest BCUT2D eigenvalue weighted by Gasteiger charge is -2.17. The third-order valence-electron chi connectivity index (χ3n) is 2.96. The van der Waals surface area contributed by atoms with Gasteiger partial charge in [0.2, 0.25) is 5.91 Å². The normalized spacial score (nSPS) is 12.3. The third-order valence-corrected chi connectivity index (χ3v) is 2.96. The maximum atomic E-state index is 13.6. The standard InChI is InChI=1S/C14H18F2N2O3/c1-7(2)3-8(6-17)13(19)18-12-4-9(14(20)21)10(15)5-11(12)16/h4-5,7-8H,3,6,17H2,1-2H3,(H,18,19)(H,20,21). The minimum atomic E-state index is -1.54. The molecule has 7 heteroatoms. The second-order valence-corrected chi connectivity index (χ2v) is 5.17. The smallest absolute Gasteiger partial charge is 0.338 e. The molecule has 21 heavy (non-hydrogen) atoms. The zero-order chi connectivity index (χ0) is 16.2. The van der Waals surface area contributed by atoms with E-state index in [9.17, 15) is 18.4 Å². The summed E-state index contributed by atoms with van der Waals surface area (Å²) in [5.74, 6) is -4.60. The van der Waals surface area contributed by atoms with Gasteiger partial charge in [-0.3, -0.25) is 4.79 Å². The van der Waals surface area contributed by atoms with Gasteiger partial charge in [-0.25, -0.2) is 13.6 Å². The van der Waals surface area contributed by atoms with E-state index in [1.807, 2.05) is 13.8 Å². The molecule has 1 atom stereocenters. The predicted octanol–water partition coefficient (Wildman–Crippen LogP) is 2.22. The molecule has 0 heterocycles. The topological polar surface area (TPSA) is 92.4 Å². The summed E-state index contributed by atoms with van der Waals surface area (Å²) in [6.07, 6.45) is 0.511. The zero-order valence-electron chi connectivity index (χ0n) is 11.8. The maximum absolute atomic E-state index is 13.6. The van der Waals surface area contributed by atoms with Crippen molar-refractivity contribution in [2.24, 2.45) is 17.6 Å². The fraction of sp³-hybridized carbons (Fsp3) is 0.429. The lowest BCUT2D eigenvalue weighted by Crippen LogP contribution is -2.30. The molecule has 0 aliphatic carbocycles. The average Bonchev–Trinajstić information content (AvgIpc) is 2.38. The first-order valence-corrected chi connectivity index (χ1v) is 6.49. The Morgan fingerprint density at radius 3 is 2.38 bits per heavy atom. The van der Waals surface area contributed by atoms with Gasteiger partial charge in [0.25, 0.3) is 0 Å². The number of aromatic carboxylic acids is 1. The molecular weight excluding hydrogens is 282 g/mol. The van der Waals surface area contributed by atoms with E-state index in [1.165, 1.54) is 0 Å². The van der Waals surface area contributed by atoms with Crippen LogP contribution in [0.3, 0.4) is 0 Å². The van der Waals surface area contributed by atoms with Crippen molar-refractivity contribution in [3.63, 3.8) is 0 Å². The van der Waals surface area contributed by atoms with Crippen LogP contribution < -0.4 is 11.1 Å². The van der Waals surface area contributed by atoms with E-state index >= 15 is 0 Å². The number of carboxylic acids is 1. The lowest BCUT2D eigenvalue weighted by atomic mass is 9.96. The highest BCUT2D eigenvalue weighted by atomic mass is 19.1. The molecular formula is C14H18F2N2O3. The van der Waals surface area contributed by atoms with Gasteiger partial charge in [0, 0.05) is 12.6 Å². The average molecular weight is 300 g/mol. The van der Waals surface area contributed by atoms with Gasteiger partial charge in [-0.05, 0) is 18.4 Å². The minimum Gasteiger partial charge on any atom is -0.478 e. The summed E-state index contributed by atoms with van der Waals surface area (Å²) >= 11 is 0. The molecule has 0 aliphatic rings. The van der Waals surface area contributed by atoms with E-state index in [0.717, 1.165) is 6.07 Å². The minimum absolute atomic E-state index is 0.0820. The van der Waals surface area contributed by atoms with E-state index in [-0.39, 0.29) is 18.2 Å². The summed E-state index contributed by atoms with van der Waals surface area (Å²) in [5, 5.41) is 11.1. The van der Waals surface area contributed by atoms with Gasteiger partial charge in [-0.2, -0.15) is 0 Å². The van der Waals surface area contributed by atoms with Crippen molar-refractivity contribution in [1.82, 2.24) is 0 Å². The number of halogens is 2. The van der Waals surface area contributed by atoms with Crippen LogP contribution in [0, 0.1) is 23.5 Å². The van der Waals surface area contributed by atoms with E-state index in [4.69, 9.17) is 10.8 Å². The summed E-state index contributed by atoms with van der Waals surface area (Å²) in [4.78, 5) is 22.8. The Morgan fingerprint density at radius 2 is 1.90 bits per heavy atom. The Labute approximate surface area is 121 Å². The molecule has 1 amide bonds. The number of amides is 1. The number of hydrogen-bond donors (Lipinski definition) is 3. The maximum Gasteiger partial charge on any atom is 0.338 e. The molecule has 0 spiro atoms. The van der Waals surface area contributed by atoms with Gasteiger partial charge >= 0.3 is 5.97 Å². The van der Waals surface area contributed by atoms with Crippen LogP contribution in [0.5, 0.6) is 0 Å². The number of nitrogens with one attached hydrogen (secondary N) is 1. The molecule has 0 aliphatic heterocycles. The van der Waals surface area contributed by atoms with Crippen molar-refractivity contribution >= 4 is 17.6 Å². The Hall–Kier alpha value is -2.02. The highest BCUT2D eigenvalue weighted by Gasteiger charge is 2.21. The first kappa shape index (κ1) is 17.0. The zero-order valence-corrected chi connectivity index (χ0v) is 11.8. The molecule has 4 N–H and O–H groups in total. The van der Waals surface area contributed by atoms with E-state index < -0.39 is 35.0 Å². The van der Waals surface area contributed by atoms with Crippen LogP contribution in [-0.4, -0.2) is 23.5 Å². The van der Waals surface area contributed by atoms with Crippen LogP contribution >= 0.6 is 0 Å². The Morgan fingerprint density at radius 1 is 1.29 bits per heavy atom. The highest BCUT2D eigenvalue weighted by Crippen LogP contribution is 2.21. The number of carboxylic acid groups (broad SMARTS) is 1. The Balaban J connectivity index is 2.99. The van der Waals surface area contributed by atoms with Crippen molar-refractivity contribution in [2.45, 2.75) is 20.3 Å². The summed E-state index contributed by atoms with van der Waals surface area (Å²) in [5.41, 5.74) is 4.42. The van der Waals surface area contributed by atoms with E-state index in [1.54, 1.807) is 0 Å². The second-order valence-electron chi connectivity index (χ2n) is 5.17. The summed E-state index contributed by atoms with van der Waals surface area (Å²) in [6, 6.07) is 1.19. The highest BCUT2D eigenvalue weighted by molar-refractivity contribution is 5.95. The second kappa shape index (κ2) is 7.12. The Bertz CT molecular complexity index is 547.